The van der Waals surface area contributed by atoms with Crippen LogP contribution in [0.5, 0.6) is 0 Å². The van der Waals surface area contributed by atoms with Crippen LogP contribution in [0.25, 0.3) is 11.0 Å². The molecule has 0 saturated carbocycles. The van der Waals surface area contributed by atoms with E-state index in [1.165, 1.54) is 0 Å². The van der Waals surface area contributed by atoms with Gasteiger partial charge in [-0.15, -0.1) is 24.8 Å². The number of carbonyl (C=O) groups excluding carboxylic acids is 1. The lowest BCUT2D eigenvalue weighted by atomic mass is 9.99. The maximum Gasteiger partial charge on any atom is 0.273 e. The van der Waals surface area contributed by atoms with Crippen LogP contribution in [0.1, 0.15) is 34.4 Å². The number of halogens is 3. The van der Waals surface area contributed by atoms with Gasteiger partial charge in [0.1, 0.15) is 5.82 Å². The molecule has 0 unspecified atom stereocenters. The van der Waals surface area contributed by atoms with Crippen molar-refractivity contribution in [3.8, 4) is 0 Å². The highest BCUT2D eigenvalue weighted by Crippen LogP contribution is 2.25. The normalized spacial score (nSPS) is 12.6. The summed E-state index contributed by atoms with van der Waals surface area (Å²) in [6.07, 6.45) is 1.22. The van der Waals surface area contributed by atoms with Gasteiger partial charge in [0.2, 0.25) is 5.91 Å². The van der Waals surface area contributed by atoms with Crippen LogP contribution >= 0.6 is 24.8 Å². The van der Waals surface area contributed by atoms with Crippen molar-refractivity contribution in [2.24, 2.45) is 7.05 Å². The number of fused-ring (bicyclic) bond motifs is 2. The first-order chi connectivity index (χ1) is 13.9. The molecule has 0 radical (unpaired) electrons. The van der Waals surface area contributed by atoms with E-state index in [1.54, 1.807) is 17.8 Å². The molecule has 7 nitrogen and oxygen atoms in total. The van der Waals surface area contributed by atoms with E-state index in [2.05, 4.69) is 20.7 Å². The summed E-state index contributed by atoms with van der Waals surface area (Å²) in [5.41, 5.74) is 4.72. The van der Waals surface area contributed by atoms with Crippen molar-refractivity contribution in [3.05, 3.63) is 56.3 Å². The molecule has 1 aromatic carbocycles. The van der Waals surface area contributed by atoms with Crippen LogP contribution < -0.4 is 16.2 Å². The molecule has 2 aromatic heterocycles. The standard InChI is InChI=1S/C21H24FN5O2.2ClH/c1-11-14(12(2)24-20-18(11)21(29)26-27(20)3)5-7-17(28)25-16-6-4-13-10-23-9-8-15(13)19(16)22;;/h4,6,23H,5,7-10H2,1-3H3,(H,25,28)(H,26,29);2*1H. The lowest BCUT2D eigenvalue weighted by Gasteiger charge is -2.19. The number of pyridine rings is 1. The molecule has 0 atom stereocenters. The van der Waals surface area contributed by atoms with Gasteiger partial charge in [-0.05, 0) is 61.6 Å². The van der Waals surface area contributed by atoms with Gasteiger partial charge in [0.05, 0.1) is 11.1 Å². The first kappa shape index (κ1) is 24.8. The zero-order chi connectivity index (χ0) is 20.7. The van der Waals surface area contributed by atoms with E-state index in [4.69, 9.17) is 0 Å². The summed E-state index contributed by atoms with van der Waals surface area (Å²) in [5, 5.41) is 9.16. The Hall–Kier alpha value is -2.42. The maximum atomic E-state index is 14.7. The van der Waals surface area contributed by atoms with Gasteiger partial charge in [0.25, 0.3) is 5.56 Å². The topological polar surface area (TPSA) is 91.8 Å². The molecule has 10 heteroatoms. The van der Waals surface area contributed by atoms with Crippen molar-refractivity contribution in [2.75, 3.05) is 11.9 Å². The molecule has 0 saturated heterocycles. The fourth-order valence-corrected chi connectivity index (χ4v) is 4.10. The summed E-state index contributed by atoms with van der Waals surface area (Å²) in [7, 11) is 1.74. The number of carbonyl (C=O) groups is 1. The highest BCUT2D eigenvalue weighted by Gasteiger charge is 2.19. The van der Waals surface area contributed by atoms with Crippen LogP contribution in [0.2, 0.25) is 0 Å². The molecule has 3 N–H and O–H groups in total. The van der Waals surface area contributed by atoms with E-state index in [0.29, 0.717) is 36.0 Å². The Balaban J connectivity index is 0.00000171. The quantitative estimate of drug-likeness (QED) is 0.547. The van der Waals surface area contributed by atoms with Crippen molar-refractivity contribution < 1.29 is 9.18 Å². The van der Waals surface area contributed by atoms with Gasteiger partial charge in [0.15, 0.2) is 5.65 Å². The number of hydrogen-bond donors (Lipinski definition) is 3. The first-order valence-electron chi connectivity index (χ1n) is 9.72. The van der Waals surface area contributed by atoms with Gasteiger partial charge < -0.3 is 10.6 Å². The largest absolute Gasteiger partial charge is 0.324 e. The second kappa shape index (κ2) is 9.80. The van der Waals surface area contributed by atoms with E-state index in [0.717, 1.165) is 28.9 Å². The highest BCUT2D eigenvalue weighted by molar-refractivity contribution is 5.91. The number of aryl methyl sites for hydroxylation is 3. The molecular weight excluding hydrogens is 444 g/mol. The molecule has 3 heterocycles. The molecule has 0 bridgehead atoms. The number of anilines is 1. The van der Waals surface area contributed by atoms with E-state index in [1.807, 2.05) is 19.9 Å². The van der Waals surface area contributed by atoms with Crippen LogP contribution in [0.4, 0.5) is 10.1 Å². The molecule has 0 spiro atoms. The molecule has 0 aliphatic carbocycles. The van der Waals surface area contributed by atoms with Crippen molar-refractivity contribution in [2.45, 2.75) is 39.7 Å². The minimum atomic E-state index is -0.344. The predicted molar refractivity (Wildman–Crippen MR) is 124 cm³/mol. The number of amides is 1. The van der Waals surface area contributed by atoms with Gasteiger partial charge in [-0.25, -0.2) is 9.37 Å². The summed E-state index contributed by atoms with van der Waals surface area (Å²) in [5.74, 6) is -0.609. The Morgan fingerprint density at radius 1 is 1.29 bits per heavy atom. The molecule has 168 valence electrons. The van der Waals surface area contributed by atoms with Crippen LogP contribution in [-0.4, -0.2) is 27.2 Å². The Labute approximate surface area is 191 Å². The number of H-pyrrole nitrogens is 1. The molecule has 4 rings (SSSR count). The average molecular weight is 470 g/mol. The zero-order valence-corrected chi connectivity index (χ0v) is 19.2. The van der Waals surface area contributed by atoms with Crippen LogP contribution in [0, 0.1) is 19.7 Å². The van der Waals surface area contributed by atoms with E-state index >= 15 is 0 Å². The van der Waals surface area contributed by atoms with Gasteiger partial charge >= 0.3 is 0 Å². The fourth-order valence-electron chi connectivity index (χ4n) is 4.10. The molecule has 0 fully saturated rings. The summed E-state index contributed by atoms with van der Waals surface area (Å²) in [6.45, 7) is 5.12. The lowest BCUT2D eigenvalue weighted by molar-refractivity contribution is -0.116. The maximum absolute atomic E-state index is 14.7. The molecule has 1 aliphatic heterocycles. The van der Waals surface area contributed by atoms with E-state index in [-0.39, 0.29) is 54.2 Å². The third-order valence-corrected chi connectivity index (χ3v) is 5.66. The third kappa shape index (κ3) is 4.61. The van der Waals surface area contributed by atoms with Gasteiger partial charge in [-0.1, -0.05) is 6.07 Å². The molecule has 3 aromatic rings. The molecule has 1 aliphatic rings. The predicted octanol–water partition coefficient (Wildman–Crippen LogP) is 3.08. The van der Waals surface area contributed by atoms with Gasteiger partial charge in [0, 0.05) is 25.7 Å². The van der Waals surface area contributed by atoms with Crippen LogP contribution in [0.3, 0.4) is 0 Å². The van der Waals surface area contributed by atoms with Crippen molar-refractivity contribution in [1.29, 1.82) is 0 Å². The minimum absolute atomic E-state index is 0. The van der Waals surface area contributed by atoms with Crippen molar-refractivity contribution >= 4 is 47.4 Å². The monoisotopic (exact) mass is 469 g/mol. The fraction of sp³-hybridized carbons (Fsp3) is 0.381. The summed E-state index contributed by atoms with van der Waals surface area (Å²) >= 11 is 0. The van der Waals surface area contributed by atoms with Gasteiger partial charge in [-0.3, -0.25) is 19.4 Å². The van der Waals surface area contributed by atoms with E-state index in [9.17, 15) is 14.0 Å². The first-order valence-corrected chi connectivity index (χ1v) is 9.72. The number of benzene rings is 1. The molecule has 1 amide bonds. The van der Waals surface area contributed by atoms with Crippen molar-refractivity contribution in [1.82, 2.24) is 20.1 Å². The molecular formula is C21H26Cl2FN5O2. The highest BCUT2D eigenvalue weighted by atomic mass is 35.5. The number of nitrogens with zero attached hydrogens (tertiary/aromatic N) is 2. The van der Waals surface area contributed by atoms with E-state index < -0.39 is 0 Å². The Bertz CT molecular complexity index is 1190. The average Bonchev–Trinajstić information content (AvgIpc) is 2.97. The summed E-state index contributed by atoms with van der Waals surface area (Å²) in [4.78, 5) is 29.2. The van der Waals surface area contributed by atoms with Crippen LogP contribution in [-0.2, 0) is 31.2 Å². The number of aromatic amines is 1. The minimum Gasteiger partial charge on any atom is -0.324 e. The second-order valence-electron chi connectivity index (χ2n) is 7.54. The van der Waals surface area contributed by atoms with Gasteiger partial charge in [-0.2, -0.15) is 0 Å². The second-order valence-corrected chi connectivity index (χ2v) is 7.54. The smallest absolute Gasteiger partial charge is 0.273 e. The van der Waals surface area contributed by atoms with Crippen molar-refractivity contribution in [3.63, 3.8) is 0 Å². The number of aromatic nitrogens is 3. The number of nitrogens with one attached hydrogen (secondary N) is 3. The lowest BCUT2D eigenvalue weighted by Crippen LogP contribution is -2.25. The third-order valence-electron chi connectivity index (χ3n) is 5.66. The Morgan fingerprint density at radius 3 is 2.77 bits per heavy atom. The number of rotatable bonds is 4. The zero-order valence-electron chi connectivity index (χ0n) is 17.6. The SMILES string of the molecule is Cc1nc2c(c(C)c1CCC(=O)Nc1ccc3c(c1F)CCNC3)c(=O)[nH]n2C.Cl.Cl. The van der Waals surface area contributed by atoms with Crippen LogP contribution in [0.15, 0.2) is 16.9 Å². The Kier molecular flexibility index (Phi) is 7.86. The summed E-state index contributed by atoms with van der Waals surface area (Å²) in [6, 6.07) is 3.47. The Morgan fingerprint density at radius 2 is 2.03 bits per heavy atom. The summed E-state index contributed by atoms with van der Waals surface area (Å²) < 4.78 is 16.3. The molecule has 31 heavy (non-hydrogen) atoms. The number of hydrogen-bond acceptors (Lipinski definition) is 4.